The molecule has 0 unspecified atom stereocenters. The van der Waals surface area contributed by atoms with E-state index >= 15 is 0 Å². The van der Waals surface area contributed by atoms with E-state index in [1.165, 1.54) is 17.0 Å². The van der Waals surface area contributed by atoms with Gasteiger partial charge in [0.05, 0.1) is 4.92 Å². The molecule has 0 aliphatic carbocycles. The molecule has 3 aromatic carbocycles. The van der Waals surface area contributed by atoms with Gasteiger partial charge in [0.25, 0.3) is 5.69 Å². The number of carbonyl (C=O) groups is 4. The molecule has 0 saturated carbocycles. The quantitative estimate of drug-likeness (QED) is 0.0493. The summed E-state index contributed by atoms with van der Waals surface area (Å²) in [7, 11) is 1.60. The predicted molar refractivity (Wildman–Crippen MR) is 231 cm³/mol. The maximum atomic E-state index is 14.7. The van der Waals surface area contributed by atoms with E-state index in [9.17, 15) is 29.3 Å². The van der Waals surface area contributed by atoms with E-state index in [4.69, 9.17) is 5.73 Å². The number of benzene rings is 3. The first-order valence-electron chi connectivity index (χ1n) is 21.0. The van der Waals surface area contributed by atoms with Crippen LogP contribution in [-0.2, 0) is 32.0 Å². The lowest BCUT2D eigenvalue weighted by molar-refractivity contribution is -0.384. The van der Waals surface area contributed by atoms with Gasteiger partial charge in [0.2, 0.25) is 23.6 Å². The van der Waals surface area contributed by atoms with Crippen LogP contribution in [0.1, 0.15) is 69.9 Å². The van der Waals surface area contributed by atoms with Crippen LogP contribution in [0.4, 0.5) is 11.4 Å². The number of nitro benzene ring substituents is 1. The second kappa shape index (κ2) is 21.8. The van der Waals surface area contributed by atoms with Crippen LogP contribution >= 0.6 is 0 Å². The van der Waals surface area contributed by atoms with Gasteiger partial charge >= 0.3 is 0 Å². The number of anilines is 1. The van der Waals surface area contributed by atoms with Crippen molar-refractivity contribution in [2.45, 2.75) is 89.8 Å². The van der Waals surface area contributed by atoms with Crippen LogP contribution in [0.15, 0.2) is 85.1 Å². The third-order valence-corrected chi connectivity index (χ3v) is 11.3. The van der Waals surface area contributed by atoms with Crippen molar-refractivity contribution in [3.8, 4) is 0 Å². The van der Waals surface area contributed by atoms with Crippen molar-refractivity contribution in [2.24, 2.45) is 11.7 Å². The molecule has 0 bridgehead atoms. The van der Waals surface area contributed by atoms with Crippen LogP contribution in [0.5, 0.6) is 0 Å². The lowest BCUT2D eigenvalue weighted by Crippen LogP contribution is -2.60. The molecule has 4 aromatic rings. The smallest absolute Gasteiger partial charge is 0.269 e. The number of nitrogens with two attached hydrogens (primary N) is 1. The molecule has 316 valence electrons. The highest BCUT2D eigenvalue weighted by molar-refractivity contribution is 5.95. The molecule has 0 spiro atoms. The normalized spacial score (nSPS) is 14.5. The number of nitro groups is 1. The Morgan fingerprint density at radius 2 is 1.46 bits per heavy atom. The second-order valence-corrected chi connectivity index (χ2v) is 15.5. The van der Waals surface area contributed by atoms with E-state index < -0.39 is 29.0 Å². The molecule has 1 fully saturated rings. The zero-order chi connectivity index (χ0) is 42.3. The van der Waals surface area contributed by atoms with Gasteiger partial charge in [-0.2, -0.15) is 0 Å². The molecule has 4 amide bonds. The molecular formula is C45H60N8O6. The molecule has 5 N–H and O–H groups in total. The van der Waals surface area contributed by atoms with Gasteiger partial charge in [0, 0.05) is 86.9 Å². The lowest BCUT2D eigenvalue weighted by atomic mass is 9.96. The van der Waals surface area contributed by atoms with Gasteiger partial charge in [-0.1, -0.05) is 75.2 Å². The number of fused-ring (bicyclic) bond motifs is 1. The number of likely N-dealkylation sites (N-methyl/N-ethyl adjacent to an activating group) is 1. The molecule has 1 aliphatic heterocycles. The number of carbonyl (C=O) groups excluding carboxylic acids is 4. The third kappa shape index (κ3) is 11.9. The Morgan fingerprint density at radius 1 is 0.814 bits per heavy atom. The number of aromatic amines is 1. The predicted octanol–water partition coefficient (Wildman–Crippen LogP) is 5.35. The summed E-state index contributed by atoms with van der Waals surface area (Å²) in [6.07, 6.45) is 7.08. The highest BCUT2D eigenvalue weighted by Gasteiger charge is 2.36. The highest BCUT2D eigenvalue weighted by Crippen LogP contribution is 2.24. The van der Waals surface area contributed by atoms with Gasteiger partial charge in [0.15, 0.2) is 0 Å². The number of H-pyrrole nitrogens is 1. The van der Waals surface area contributed by atoms with Crippen molar-refractivity contribution in [3.05, 3.63) is 106 Å². The summed E-state index contributed by atoms with van der Waals surface area (Å²) in [6.45, 7) is 6.29. The van der Waals surface area contributed by atoms with Gasteiger partial charge in [-0.25, -0.2) is 0 Å². The first-order chi connectivity index (χ1) is 28.5. The summed E-state index contributed by atoms with van der Waals surface area (Å²) in [4.78, 5) is 76.7. The Bertz CT molecular complexity index is 1990. The molecule has 0 radical (unpaired) electrons. The first-order valence-corrected chi connectivity index (χ1v) is 21.0. The van der Waals surface area contributed by atoms with Gasteiger partial charge in [0.1, 0.15) is 18.1 Å². The zero-order valence-electron chi connectivity index (χ0n) is 34.6. The number of amides is 4. The Morgan fingerprint density at radius 3 is 2.10 bits per heavy atom. The second-order valence-electron chi connectivity index (χ2n) is 15.5. The van der Waals surface area contributed by atoms with Crippen molar-refractivity contribution in [3.63, 3.8) is 0 Å². The number of piperazine rings is 1. The maximum absolute atomic E-state index is 14.7. The lowest BCUT2D eigenvalue weighted by Gasteiger charge is -2.38. The fourth-order valence-corrected chi connectivity index (χ4v) is 7.96. The minimum Gasteiger partial charge on any atom is -0.368 e. The number of unbranched alkanes of at least 4 members (excludes halogenated alkanes) is 1. The summed E-state index contributed by atoms with van der Waals surface area (Å²) in [5, 5.41) is 18.3. The summed E-state index contributed by atoms with van der Waals surface area (Å²) in [5.74, 6) is -1.47. The van der Waals surface area contributed by atoms with Crippen LogP contribution in [0.2, 0.25) is 0 Å². The average Bonchev–Trinajstić information content (AvgIpc) is 3.67. The van der Waals surface area contributed by atoms with Gasteiger partial charge in [-0.15, -0.1) is 0 Å². The van der Waals surface area contributed by atoms with Crippen molar-refractivity contribution >= 4 is 45.9 Å². The number of rotatable bonds is 21. The van der Waals surface area contributed by atoms with Crippen molar-refractivity contribution in [1.29, 1.82) is 0 Å². The number of para-hydroxylation sites is 1. The van der Waals surface area contributed by atoms with Crippen molar-refractivity contribution in [2.75, 3.05) is 44.7 Å². The summed E-state index contributed by atoms with van der Waals surface area (Å²) < 4.78 is 0. The van der Waals surface area contributed by atoms with Gasteiger partial charge < -0.3 is 36.1 Å². The molecular weight excluding hydrogens is 749 g/mol. The molecule has 3 atom stereocenters. The number of hydrogen-bond donors (Lipinski definition) is 4. The standard InChI is InChI=1S/C45H60N8O6/c1-4-13-33(14-5-2)42(54)48-39(19-11-12-24-46)44(56)50(3)41(29-32-15-7-6-8-16-32)43(55)49-40(30-34-31-47-38-18-10-9-17-37(34)38)45(57)52-27-25-51(26-28-52)35-20-22-36(23-21-35)53(58)59/h6-10,15-18,20-23,31,33,39-41,47H,4-5,11-14,19,24-30,46H2,1-3H3,(H,48,54)(H,49,55)/t39-,40-,41-/m1/s1. The fourth-order valence-electron chi connectivity index (χ4n) is 7.96. The number of nitrogens with one attached hydrogen (secondary N) is 3. The van der Waals surface area contributed by atoms with E-state index in [1.54, 1.807) is 24.1 Å². The van der Waals surface area contributed by atoms with Crippen LogP contribution in [0, 0.1) is 16.0 Å². The van der Waals surface area contributed by atoms with E-state index in [1.807, 2.05) is 74.6 Å². The van der Waals surface area contributed by atoms with E-state index in [2.05, 4.69) is 20.5 Å². The molecule has 5 rings (SSSR count). The van der Waals surface area contributed by atoms with Gasteiger partial charge in [-0.05, 0) is 68.0 Å². The van der Waals surface area contributed by atoms with E-state index in [0.29, 0.717) is 52.0 Å². The number of hydrogen-bond acceptors (Lipinski definition) is 8. The monoisotopic (exact) mass is 808 g/mol. The summed E-state index contributed by atoms with van der Waals surface area (Å²) in [5.41, 5.74) is 9.26. The largest absolute Gasteiger partial charge is 0.368 e. The number of aromatic nitrogens is 1. The van der Waals surface area contributed by atoms with Crippen LogP contribution in [0.25, 0.3) is 10.9 Å². The fraction of sp³-hybridized carbons (Fsp3) is 0.467. The third-order valence-electron chi connectivity index (χ3n) is 11.3. The molecule has 2 heterocycles. The Kier molecular flexibility index (Phi) is 16.4. The van der Waals surface area contributed by atoms with Crippen LogP contribution < -0.4 is 21.3 Å². The first kappa shape index (κ1) is 44.3. The molecule has 1 aromatic heterocycles. The Labute approximate surface area is 347 Å². The minimum atomic E-state index is -1.00. The highest BCUT2D eigenvalue weighted by atomic mass is 16.6. The van der Waals surface area contributed by atoms with Crippen molar-refractivity contribution in [1.82, 2.24) is 25.4 Å². The molecule has 1 aliphatic rings. The summed E-state index contributed by atoms with van der Waals surface area (Å²) in [6, 6.07) is 20.8. The van der Waals surface area contributed by atoms with Crippen molar-refractivity contribution < 1.29 is 24.1 Å². The van der Waals surface area contributed by atoms with E-state index in [-0.39, 0.29) is 42.2 Å². The SMILES string of the molecule is CCCC(CCC)C(=O)N[C@H](CCCCN)C(=O)N(C)[C@H](Cc1ccccc1)C(=O)N[C@H](Cc1c[nH]c2ccccc12)C(=O)N1CCN(c2ccc([N+](=O)[O-])cc2)CC1. The summed E-state index contributed by atoms with van der Waals surface area (Å²) >= 11 is 0. The molecule has 14 nitrogen and oxygen atoms in total. The van der Waals surface area contributed by atoms with Crippen LogP contribution in [-0.4, -0.2) is 101 Å². The molecule has 1 saturated heterocycles. The molecule has 14 heteroatoms. The number of nitrogens with zero attached hydrogens (tertiary/aromatic N) is 4. The Balaban J connectivity index is 1.41. The number of non-ortho nitro benzene ring substituents is 1. The average molecular weight is 809 g/mol. The minimum absolute atomic E-state index is 0.01000. The van der Waals surface area contributed by atoms with Crippen LogP contribution in [0.3, 0.4) is 0 Å². The zero-order valence-corrected chi connectivity index (χ0v) is 34.6. The van der Waals surface area contributed by atoms with E-state index in [0.717, 1.165) is 53.4 Å². The maximum Gasteiger partial charge on any atom is 0.269 e. The Hall–Kier alpha value is -5.76. The van der Waals surface area contributed by atoms with Gasteiger partial charge in [-0.3, -0.25) is 29.3 Å². The molecule has 59 heavy (non-hydrogen) atoms. The topological polar surface area (TPSA) is 187 Å².